The third-order valence-electron chi connectivity index (χ3n) is 8.51. The average molecular weight is 683 g/mol. The number of nitrogens with one attached hydrogen (secondary N) is 1. The largest absolute Gasteiger partial charge is 0.351 e. The molecule has 0 spiro atoms. The Morgan fingerprint density at radius 3 is 1.79 bits per heavy atom. The monoisotopic (exact) mass is 682 g/mol. The second-order valence-corrected chi connectivity index (χ2v) is 15.0. The van der Waals surface area contributed by atoms with E-state index in [9.17, 15) is 13.2 Å². The van der Waals surface area contributed by atoms with Crippen LogP contribution in [0.2, 0.25) is 5.02 Å². The van der Waals surface area contributed by atoms with Gasteiger partial charge in [0.1, 0.15) is 0 Å². The summed E-state index contributed by atoms with van der Waals surface area (Å²) in [4.78, 5) is 12.5. The minimum absolute atomic E-state index is 0. The molecule has 5 rings (SSSR count). The summed E-state index contributed by atoms with van der Waals surface area (Å²) in [6, 6.07) is 39.5. The van der Waals surface area contributed by atoms with Crippen molar-refractivity contribution in [2.24, 2.45) is 0 Å². The van der Waals surface area contributed by atoms with E-state index < -0.39 is 21.8 Å². The minimum atomic E-state index is -4.14. The zero-order valence-corrected chi connectivity index (χ0v) is 29.4. The molecule has 0 aromatic heterocycles. The molecule has 8 heteroatoms. The number of benzene rings is 5. The molecule has 0 aliphatic heterocycles. The molecule has 0 heterocycles. The molecule has 0 radical (unpaired) electrons. The van der Waals surface area contributed by atoms with Gasteiger partial charge in [0, 0.05) is 23.0 Å². The van der Waals surface area contributed by atoms with Crippen molar-refractivity contribution >= 4 is 27.6 Å². The summed E-state index contributed by atoms with van der Waals surface area (Å²) in [7, 11) is -4.14. The highest BCUT2D eigenvalue weighted by atomic mass is 35.5. The molecular weight excluding hydrogens is 640 g/mol. The lowest BCUT2D eigenvalue weighted by Crippen LogP contribution is -2.28. The number of carbonyl (C=O) groups is 1. The van der Waals surface area contributed by atoms with Crippen LogP contribution in [0.3, 0.4) is 0 Å². The van der Waals surface area contributed by atoms with Gasteiger partial charge in [0.15, 0.2) is 0 Å². The van der Waals surface area contributed by atoms with Gasteiger partial charge in [0.25, 0.3) is 16.0 Å². The van der Waals surface area contributed by atoms with Crippen molar-refractivity contribution in [2.75, 3.05) is 12.3 Å². The third kappa shape index (κ3) is 9.42. The molecular formula is C40H43ClN2O4S. The first-order valence-corrected chi connectivity index (χ1v) is 17.7. The predicted molar refractivity (Wildman–Crippen MR) is 198 cm³/mol. The average Bonchev–Trinajstić information content (AvgIpc) is 3.03. The molecule has 1 amide bonds. The van der Waals surface area contributed by atoms with E-state index in [1.54, 1.807) is 12.1 Å². The fourth-order valence-electron chi connectivity index (χ4n) is 5.77. The molecule has 5 N–H and O–H groups in total. The molecule has 0 bridgehead atoms. The van der Waals surface area contributed by atoms with E-state index in [4.69, 9.17) is 16.2 Å². The Hall–Kier alpha value is -4.27. The number of halogens is 1. The molecule has 250 valence electrons. The normalized spacial score (nSPS) is 12.2. The molecule has 48 heavy (non-hydrogen) atoms. The molecule has 0 fully saturated rings. The van der Waals surface area contributed by atoms with Crippen LogP contribution in [0, 0.1) is 6.92 Å². The van der Waals surface area contributed by atoms with Gasteiger partial charge in [0.2, 0.25) is 0 Å². The summed E-state index contributed by atoms with van der Waals surface area (Å²) in [5.74, 6) is -0.867. The van der Waals surface area contributed by atoms with Crippen molar-refractivity contribution < 1.29 is 17.8 Å². The Bertz CT molecular complexity index is 1950. The van der Waals surface area contributed by atoms with Crippen LogP contribution < -0.4 is 11.5 Å². The van der Waals surface area contributed by atoms with Gasteiger partial charge in [-0.3, -0.25) is 9.35 Å². The zero-order chi connectivity index (χ0) is 33.8. The third-order valence-corrected chi connectivity index (χ3v) is 9.47. The maximum Gasteiger partial charge on any atom is 0.266 e. The number of hydrogen-bond donors (Lipinski definition) is 3. The molecule has 0 saturated heterocycles. The van der Waals surface area contributed by atoms with Crippen LogP contribution in [0.25, 0.3) is 22.3 Å². The highest BCUT2D eigenvalue weighted by Gasteiger charge is 2.18. The Kier molecular flexibility index (Phi) is 11.7. The van der Waals surface area contributed by atoms with E-state index in [0.717, 1.165) is 32.8 Å². The van der Waals surface area contributed by atoms with E-state index in [1.807, 2.05) is 24.3 Å². The van der Waals surface area contributed by atoms with Crippen LogP contribution in [0.15, 0.2) is 115 Å². The first-order valence-electron chi connectivity index (χ1n) is 15.7. The van der Waals surface area contributed by atoms with E-state index >= 15 is 0 Å². The number of amides is 1. The summed E-state index contributed by atoms with van der Waals surface area (Å²) >= 11 is 6.20. The number of hydrogen-bond acceptors (Lipinski definition) is 4. The first kappa shape index (κ1) is 36.6. The molecule has 0 aliphatic carbocycles. The molecule has 0 saturated carbocycles. The summed E-state index contributed by atoms with van der Waals surface area (Å²) in [6.45, 7) is 8.56. The van der Waals surface area contributed by atoms with Gasteiger partial charge < -0.3 is 11.5 Å². The summed E-state index contributed by atoms with van der Waals surface area (Å²) in [5, 5.41) is 3.26. The van der Waals surface area contributed by atoms with Crippen LogP contribution in [0.4, 0.5) is 0 Å². The number of aryl methyl sites for hydroxylation is 1. The van der Waals surface area contributed by atoms with Crippen molar-refractivity contribution in [1.82, 2.24) is 11.5 Å². The fraction of sp³-hybridized carbons (Fsp3) is 0.225. The second-order valence-electron chi connectivity index (χ2n) is 13.0. The Labute approximate surface area is 289 Å². The van der Waals surface area contributed by atoms with Gasteiger partial charge >= 0.3 is 0 Å². The number of rotatable bonds is 10. The van der Waals surface area contributed by atoms with Crippen LogP contribution in [-0.4, -0.2) is 31.2 Å². The molecule has 1 unspecified atom stereocenters. The van der Waals surface area contributed by atoms with E-state index in [-0.39, 0.29) is 24.0 Å². The van der Waals surface area contributed by atoms with Gasteiger partial charge in [0.05, 0.1) is 5.75 Å². The Balaban J connectivity index is 0.00000520. The molecule has 5 aromatic rings. The Morgan fingerprint density at radius 1 is 0.771 bits per heavy atom. The van der Waals surface area contributed by atoms with Crippen LogP contribution in [0.5, 0.6) is 0 Å². The smallest absolute Gasteiger partial charge is 0.266 e. The van der Waals surface area contributed by atoms with E-state index in [2.05, 4.69) is 112 Å². The van der Waals surface area contributed by atoms with Crippen molar-refractivity contribution in [3.05, 3.63) is 154 Å². The van der Waals surface area contributed by atoms with E-state index in [1.165, 1.54) is 22.3 Å². The topological polar surface area (TPSA) is 118 Å². The lowest BCUT2D eigenvalue weighted by atomic mass is 9.84. The van der Waals surface area contributed by atoms with E-state index in [0.29, 0.717) is 12.0 Å². The lowest BCUT2D eigenvalue weighted by molar-refractivity contribution is 0.0956. The maximum atomic E-state index is 12.5. The van der Waals surface area contributed by atoms with Crippen LogP contribution in [-0.2, 0) is 22.0 Å². The summed E-state index contributed by atoms with van der Waals surface area (Å²) in [6.07, 6.45) is 0.712. The first-order chi connectivity index (χ1) is 22.3. The standard InChI is InChI=1S/C40H40ClNO4S.H3N/c1-27-25-36(41)21-22-37(27)31-13-15-33(16-14-31)38(26-28-5-7-34(8-6-28)39(43)42-23-24-47(44,45)46)32-11-9-29(10-12-32)30-17-19-35(20-18-30)40(2,3)4;/h5-22,25,38H,23-24,26H2,1-4H3,(H,42,43)(H,44,45,46);1H3. The van der Waals surface area contributed by atoms with Crippen molar-refractivity contribution in [1.29, 1.82) is 0 Å². The van der Waals surface area contributed by atoms with Gasteiger partial charge in [-0.1, -0.05) is 123 Å². The van der Waals surface area contributed by atoms with Crippen molar-refractivity contribution in [3.63, 3.8) is 0 Å². The van der Waals surface area contributed by atoms with Gasteiger partial charge in [-0.15, -0.1) is 0 Å². The summed E-state index contributed by atoms with van der Waals surface area (Å²) in [5.41, 5.74) is 11.0. The lowest BCUT2D eigenvalue weighted by Gasteiger charge is -2.20. The predicted octanol–water partition coefficient (Wildman–Crippen LogP) is 9.43. The fourth-order valence-corrected chi connectivity index (χ4v) is 6.35. The highest BCUT2D eigenvalue weighted by molar-refractivity contribution is 7.85. The van der Waals surface area contributed by atoms with Crippen LogP contribution >= 0.6 is 11.6 Å². The quantitative estimate of drug-likeness (QED) is 0.127. The minimum Gasteiger partial charge on any atom is -0.351 e. The van der Waals surface area contributed by atoms with Crippen molar-refractivity contribution in [2.45, 2.75) is 45.4 Å². The van der Waals surface area contributed by atoms with Gasteiger partial charge in [-0.2, -0.15) is 8.42 Å². The second kappa shape index (κ2) is 15.3. The summed E-state index contributed by atoms with van der Waals surface area (Å²) < 4.78 is 30.9. The SMILES string of the molecule is Cc1cc(Cl)ccc1-c1ccc(C(Cc2ccc(C(=O)NCCS(=O)(=O)O)cc2)c2ccc(-c3ccc(C(C)(C)C)cc3)cc2)cc1.N. The molecule has 5 aromatic carbocycles. The zero-order valence-electron chi connectivity index (χ0n) is 27.8. The molecule has 6 nitrogen and oxygen atoms in total. The van der Waals surface area contributed by atoms with Gasteiger partial charge in [-0.05, 0) is 93.1 Å². The van der Waals surface area contributed by atoms with Crippen LogP contribution in [0.1, 0.15) is 64.9 Å². The Morgan fingerprint density at radius 2 is 1.29 bits per heavy atom. The highest BCUT2D eigenvalue weighted by Crippen LogP contribution is 2.34. The molecule has 1 atom stereocenters. The molecule has 0 aliphatic rings. The number of carbonyl (C=O) groups excluding carboxylic acids is 1. The maximum absolute atomic E-state index is 12.5. The van der Waals surface area contributed by atoms with Gasteiger partial charge in [-0.25, -0.2) is 0 Å². The van der Waals surface area contributed by atoms with Crippen molar-refractivity contribution in [3.8, 4) is 22.3 Å².